The average Bonchev–Trinajstić information content (AvgIpc) is 2.29. The van der Waals surface area contributed by atoms with Crippen molar-refractivity contribution in [3.63, 3.8) is 0 Å². The van der Waals surface area contributed by atoms with Gasteiger partial charge in [-0.15, -0.1) is 0 Å². The molecule has 0 bridgehead atoms. The van der Waals surface area contributed by atoms with Crippen molar-refractivity contribution in [1.82, 2.24) is 4.90 Å². The van der Waals surface area contributed by atoms with Gasteiger partial charge >= 0.3 is 0 Å². The molecule has 0 saturated carbocycles. The molecule has 0 saturated heterocycles. The second-order valence-corrected chi connectivity index (χ2v) is 3.78. The quantitative estimate of drug-likeness (QED) is 0.591. The van der Waals surface area contributed by atoms with E-state index in [9.17, 15) is 10.1 Å². The van der Waals surface area contributed by atoms with Crippen LogP contribution in [0.25, 0.3) is 0 Å². The highest BCUT2D eigenvalue weighted by Gasteiger charge is 2.12. The third-order valence-electron chi connectivity index (χ3n) is 2.43. The number of ether oxygens (including phenoxy) is 1. The van der Waals surface area contributed by atoms with Crippen LogP contribution >= 0.6 is 0 Å². The average molecular weight is 239 g/mol. The van der Waals surface area contributed by atoms with Gasteiger partial charge in [0.25, 0.3) is 5.69 Å². The van der Waals surface area contributed by atoms with Gasteiger partial charge in [0.2, 0.25) is 0 Å². The van der Waals surface area contributed by atoms with Gasteiger partial charge in [0, 0.05) is 37.3 Å². The fourth-order valence-corrected chi connectivity index (χ4v) is 1.59. The SMILES string of the molecule is COc1ccc([N+](=O)[O-])cc1CN(C)CCN. The molecule has 0 spiro atoms. The van der Waals surface area contributed by atoms with Crippen LogP contribution < -0.4 is 10.5 Å². The number of nitrogens with two attached hydrogens (primary N) is 1. The van der Waals surface area contributed by atoms with Crippen molar-refractivity contribution in [3.05, 3.63) is 33.9 Å². The van der Waals surface area contributed by atoms with Crippen molar-refractivity contribution in [2.45, 2.75) is 6.54 Å². The van der Waals surface area contributed by atoms with Crippen molar-refractivity contribution in [3.8, 4) is 5.75 Å². The van der Waals surface area contributed by atoms with Crippen LogP contribution in [0.5, 0.6) is 5.75 Å². The normalized spacial score (nSPS) is 10.6. The van der Waals surface area contributed by atoms with Gasteiger partial charge < -0.3 is 15.4 Å². The summed E-state index contributed by atoms with van der Waals surface area (Å²) in [7, 11) is 3.46. The Labute approximate surface area is 100 Å². The standard InChI is InChI=1S/C11H17N3O3/c1-13(6-5-12)8-9-7-10(14(15)16)3-4-11(9)17-2/h3-4,7H,5-6,8,12H2,1-2H3. The third-order valence-corrected chi connectivity index (χ3v) is 2.43. The maximum Gasteiger partial charge on any atom is 0.270 e. The zero-order valence-corrected chi connectivity index (χ0v) is 10.0. The summed E-state index contributed by atoms with van der Waals surface area (Å²) in [6, 6.07) is 4.58. The molecule has 0 aliphatic heterocycles. The Morgan fingerprint density at radius 3 is 2.76 bits per heavy atom. The van der Waals surface area contributed by atoms with Gasteiger partial charge in [-0.05, 0) is 13.1 Å². The van der Waals surface area contributed by atoms with Crippen LogP contribution in [0.1, 0.15) is 5.56 Å². The lowest BCUT2D eigenvalue weighted by atomic mass is 10.1. The van der Waals surface area contributed by atoms with Crippen LogP contribution in [0.4, 0.5) is 5.69 Å². The van der Waals surface area contributed by atoms with E-state index in [1.54, 1.807) is 13.2 Å². The molecule has 0 amide bonds. The predicted octanol–water partition coefficient (Wildman–Crippen LogP) is 0.994. The molecule has 1 rings (SSSR count). The highest BCUT2D eigenvalue weighted by molar-refractivity contribution is 5.43. The zero-order valence-electron chi connectivity index (χ0n) is 10.0. The van der Waals surface area contributed by atoms with E-state index in [0.717, 1.165) is 12.1 Å². The summed E-state index contributed by atoms with van der Waals surface area (Å²) in [6.07, 6.45) is 0. The van der Waals surface area contributed by atoms with Crippen LogP contribution in [0.15, 0.2) is 18.2 Å². The second kappa shape index (κ2) is 6.17. The topological polar surface area (TPSA) is 81.6 Å². The molecule has 6 heteroatoms. The van der Waals surface area contributed by atoms with E-state index in [0.29, 0.717) is 18.8 Å². The minimum absolute atomic E-state index is 0.0712. The molecule has 0 aliphatic carbocycles. The first-order valence-corrected chi connectivity index (χ1v) is 5.28. The Balaban J connectivity index is 2.93. The van der Waals surface area contributed by atoms with Gasteiger partial charge in [-0.1, -0.05) is 0 Å². The molecule has 0 heterocycles. The van der Waals surface area contributed by atoms with Crippen LogP contribution in [0, 0.1) is 10.1 Å². The molecule has 94 valence electrons. The number of hydrogen-bond acceptors (Lipinski definition) is 5. The van der Waals surface area contributed by atoms with E-state index in [-0.39, 0.29) is 5.69 Å². The van der Waals surface area contributed by atoms with Gasteiger partial charge in [-0.2, -0.15) is 0 Å². The molecule has 2 N–H and O–H groups in total. The van der Waals surface area contributed by atoms with Crippen molar-refractivity contribution in [2.24, 2.45) is 5.73 Å². The Kier molecular flexibility index (Phi) is 4.86. The van der Waals surface area contributed by atoms with Crippen LogP contribution in [-0.4, -0.2) is 37.1 Å². The summed E-state index contributed by atoms with van der Waals surface area (Å²) in [5, 5.41) is 10.7. The number of likely N-dealkylation sites (N-methyl/N-ethyl adjacent to an activating group) is 1. The largest absolute Gasteiger partial charge is 0.496 e. The Morgan fingerprint density at radius 2 is 2.24 bits per heavy atom. The maximum absolute atomic E-state index is 10.7. The number of nitro groups is 1. The second-order valence-electron chi connectivity index (χ2n) is 3.78. The summed E-state index contributed by atoms with van der Waals surface area (Å²) < 4.78 is 5.18. The summed E-state index contributed by atoms with van der Waals surface area (Å²) >= 11 is 0. The van der Waals surface area contributed by atoms with E-state index in [1.807, 2.05) is 11.9 Å². The first-order chi connectivity index (χ1) is 8.08. The first-order valence-electron chi connectivity index (χ1n) is 5.28. The van der Waals surface area contributed by atoms with Gasteiger partial charge in [-0.3, -0.25) is 10.1 Å². The molecule has 0 unspecified atom stereocenters. The lowest BCUT2D eigenvalue weighted by Crippen LogP contribution is -2.25. The van der Waals surface area contributed by atoms with Crippen molar-refractivity contribution < 1.29 is 9.66 Å². The fourth-order valence-electron chi connectivity index (χ4n) is 1.59. The number of nitrogens with zero attached hydrogens (tertiary/aromatic N) is 2. The lowest BCUT2D eigenvalue weighted by Gasteiger charge is -2.17. The minimum Gasteiger partial charge on any atom is -0.496 e. The highest BCUT2D eigenvalue weighted by Crippen LogP contribution is 2.24. The van der Waals surface area contributed by atoms with E-state index in [2.05, 4.69) is 0 Å². The molecule has 1 aromatic rings. The molecule has 6 nitrogen and oxygen atoms in total. The van der Waals surface area contributed by atoms with E-state index < -0.39 is 4.92 Å². The number of nitro benzene ring substituents is 1. The molecule has 17 heavy (non-hydrogen) atoms. The Hall–Kier alpha value is -1.66. The van der Waals surface area contributed by atoms with Crippen molar-refractivity contribution in [1.29, 1.82) is 0 Å². The van der Waals surface area contributed by atoms with E-state index in [1.165, 1.54) is 12.1 Å². The van der Waals surface area contributed by atoms with Crippen LogP contribution in [0.2, 0.25) is 0 Å². The molecule has 0 radical (unpaired) electrons. The fraction of sp³-hybridized carbons (Fsp3) is 0.455. The van der Waals surface area contributed by atoms with Gasteiger partial charge in [0.15, 0.2) is 0 Å². The van der Waals surface area contributed by atoms with Crippen molar-refractivity contribution >= 4 is 5.69 Å². The van der Waals surface area contributed by atoms with Gasteiger partial charge in [0.1, 0.15) is 5.75 Å². The van der Waals surface area contributed by atoms with Crippen molar-refractivity contribution in [2.75, 3.05) is 27.2 Å². The lowest BCUT2D eigenvalue weighted by molar-refractivity contribution is -0.384. The van der Waals surface area contributed by atoms with Crippen LogP contribution in [0.3, 0.4) is 0 Å². The molecule has 1 aromatic carbocycles. The predicted molar refractivity (Wildman–Crippen MR) is 65.0 cm³/mol. The molecule has 0 aliphatic rings. The number of hydrogen-bond donors (Lipinski definition) is 1. The zero-order chi connectivity index (χ0) is 12.8. The van der Waals surface area contributed by atoms with E-state index in [4.69, 9.17) is 10.5 Å². The molecule has 0 atom stereocenters. The number of rotatable bonds is 6. The smallest absolute Gasteiger partial charge is 0.270 e. The van der Waals surface area contributed by atoms with Crippen LogP contribution in [-0.2, 0) is 6.54 Å². The van der Waals surface area contributed by atoms with E-state index >= 15 is 0 Å². The summed E-state index contributed by atoms with van der Waals surface area (Å²) in [4.78, 5) is 12.3. The Morgan fingerprint density at radius 1 is 1.53 bits per heavy atom. The molecular formula is C11H17N3O3. The Bertz CT molecular complexity index is 396. The van der Waals surface area contributed by atoms with Gasteiger partial charge in [0.05, 0.1) is 12.0 Å². The first kappa shape index (κ1) is 13.4. The third kappa shape index (κ3) is 3.69. The number of benzene rings is 1. The molecule has 0 fully saturated rings. The molecule has 0 aromatic heterocycles. The minimum atomic E-state index is -0.411. The summed E-state index contributed by atoms with van der Waals surface area (Å²) in [5.41, 5.74) is 6.31. The monoisotopic (exact) mass is 239 g/mol. The number of non-ortho nitro benzene ring substituents is 1. The van der Waals surface area contributed by atoms with Gasteiger partial charge in [-0.25, -0.2) is 0 Å². The number of methoxy groups -OCH3 is 1. The highest BCUT2D eigenvalue weighted by atomic mass is 16.6. The summed E-state index contributed by atoms with van der Waals surface area (Å²) in [5.74, 6) is 0.652. The summed E-state index contributed by atoms with van der Waals surface area (Å²) in [6.45, 7) is 1.85. The maximum atomic E-state index is 10.7. The molecular weight excluding hydrogens is 222 g/mol.